The molecule has 32 heavy (non-hydrogen) atoms. The Balaban J connectivity index is 0.000000207. The number of piperidine rings is 1. The first-order valence-electron chi connectivity index (χ1n) is 12.5. The molecule has 4 rings (SSSR count). The van der Waals surface area contributed by atoms with Crippen LogP contribution in [-0.2, 0) is 17.8 Å². The number of aryl methyl sites for hydroxylation is 2. The van der Waals surface area contributed by atoms with Crippen LogP contribution < -0.4 is 0 Å². The van der Waals surface area contributed by atoms with Crippen molar-refractivity contribution in [2.45, 2.75) is 72.4 Å². The van der Waals surface area contributed by atoms with Crippen molar-refractivity contribution in [2.75, 3.05) is 26.3 Å². The molecule has 2 aliphatic heterocycles. The van der Waals surface area contributed by atoms with Gasteiger partial charge in [-0.05, 0) is 85.6 Å². The van der Waals surface area contributed by atoms with Gasteiger partial charge in [-0.2, -0.15) is 0 Å². The molecule has 1 fully saturated rings. The molecule has 0 bridgehead atoms. The fourth-order valence-corrected chi connectivity index (χ4v) is 5.20. The smallest absolute Gasteiger partial charge is 0.0716 e. The Morgan fingerprint density at radius 1 is 1.06 bits per heavy atom. The second kappa shape index (κ2) is 12.5. The van der Waals surface area contributed by atoms with E-state index in [4.69, 9.17) is 9.84 Å². The highest BCUT2D eigenvalue weighted by Crippen LogP contribution is 2.40. The fraction of sp³-hybridized carbons (Fsp3) is 0.586. The lowest BCUT2D eigenvalue weighted by molar-refractivity contribution is 0.0896. The van der Waals surface area contributed by atoms with Gasteiger partial charge >= 0.3 is 0 Å². The summed E-state index contributed by atoms with van der Waals surface area (Å²) in [5.74, 6) is 1.78. The largest absolute Gasteiger partial charge is 0.396 e. The lowest BCUT2D eigenvalue weighted by Crippen LogP contribution is -2.42. The predicted octanol–water partition coefficient (Wildman–Crippen LogP) is 6.24. The molecule has 2 aromatic rings. The van der Waals surface area contributed by atoms with Gasteiger partial charge < -0.3 is 9.84 Å². The Morgan fingerprint density at radius 3 is 2.53 bits per heavy atom. The number of hydrogen-bond acceptors (Lipinski definition) is 3. The molecule has 1 saturated heterocycles. The lowest BCUT2D eigenvalue weighted by atomic mass is 9.80. The molecule has 0 amide bonds. The van der Waals surface area contributed by atoms with Gasteiger partial charge in [0.25, 0.3) is 0 Å². The number of rotatable bonds is 7. The quantitative estimate of drug-likeness (QED) is 0.520. The highest BCUT2D eigenvalue weighted by molar-refractivity contribution is 5.40. The summed E-state index contributed by atoms with van der Waals surface area (Å²) in [4.78, 5) is 2.77. The van der Waals surface area contributed by atoms with Crippen molar-refractivity contribution in [2.24, 2.45) is 11.8 Å². The molecule has 2 unspecified atom stereocenters. The van der Waals surface area contributed by atoms with Crippen LogP contribution >= 0.6 is 0 Å². The van der Waals surface area contributed by atoms with Crippen LogP contribution in [0.15, 0.2) is 42.5 Å². The number of hydrogen-bond donors (Lipinski definition) is 1. The Labute approximate surface area is 195 Å². The van der Waals surface area contributed by atoms with Crippen LogP contribution in [0.3, 0.4) is 0 Å². The van der Waals surface area contributed by atoms with Gasteiger partial charge in [-0.25, -0.2) is 0 Å². The van der Waals surface area contributed by atoms with E-state index < -0.39 is 0 Å². The number of benzene rings is 2. The van der Waals surface area contributed by atoms with Crippen molar-refractivity contribution in [3.63, 3.8) is 0 Å². The molecule has 2 atom stereocenters. The van der Waals surface area contributed by atoms with E-state index in [0.29, 0.717) is 25.7 Å². The summed E-state index contributed by atoms with van der Waals surface area (Å²) < 4.78 is 5.30. The summed E-state index contributed by atoms with van der Waals surface area (Å²) in [6, 6.07) is 15.7. The zero-order valence-electron chi connectivity index (χ0n) is 20.6. The van der Waals surface area contributed by atoms with E-state index in [-0.39, 0.29) is 6.61 Å². The van der Waals surface area contributed by atoms with Gasteiger partial charge in [0.1, 0.15) is 0 Å². The minimum atomic E-state index is 0.203. The number of nitrogens with zero attached hydrogens (tertiary/aromatic N) is 1. The van der Waals surface area contributed by atoms with Crippen molar-refractivity contribution in [1.82, 2.24) is 4.90 Å². The molecule has 0 spiro atoms. The van der Waals surface area contributed by atoms with Crippen molar-refractivity contribution in [3.8, 4) is 0 Å². The third-order valence-corrected chi connectivity index (χ3v) is 6.93. The second-order valence-corrected chi connectivity index (χ2v) is 10.1. The number of aliphatic hydroxyl groups excluding tert-OH is 1. The van der Waals surface area contributed by atoms with Crippen LogP contribution in [0.2, 0.25) is 0 Å². The van der Waals surface area contributed by atoms with Gasteiger partial charge in [0.15, 0.2) is 0 Å². The summed E-state index contributed by atoms with van der Waals surface area (Å²) in [6.07, 6.45) is 6.16. The van der Waals surface area contributed by atoms with Crippen LogP contribution in [0.25, 0.3) is 0 Å². The summed E-state index contributed by atoms with van der Waals surface area (Å²) >= 11 is 0. The topological polar surface area (TPSA) is 32.7 Å². The molecule has 0 aromatic heterocycles. The van der Waals surface area contributed by atoms with Crippen LogP contribution in [0, 0.1) is 25.7 Å². The van der Waals surface area contributed by atoms with Crippen molar-refractivity contribution < 1.29 is 9.84 Å². The van der Waals surface area contributed by atoms with Crippen molar-refractivity contribution in [3.05, 3.63) is 70.3 Å². The average Bonchev–Trinajstić information content (AvgIpc) is 2.78. The molecule has 3 nitrogen and oxygen atoms in total. The molecule has 2 heterocycles. The molecule has 0 aliphatic carbocycles. The zero-order valence-corrected chi connectivity index (χ0v) is 20.6. The van der Waals surface area contributed by atoms with E-state index in [1.165, 1.54) is 55.5 Å². The standard InChI is InChI=1S/C19H29N.C10H14O2/c1-13(2)9-16-5-6-19-18-11-15(4)14(3)10-17(18)7-8-20(19)12-16;11-7-4-8-12-9-10-5-2-1-3-6-10/h10-11,13,16,19H,5-9,12H2,1-4H3;1-3,5-6,11H,4,7-9H2. The normalized spacial score (nSPS) is 20.3. The summed E-state index contributed by atoms with van der Waals surface area (Å²) in [6.45, 7) is 13.3. The maximum absolute atomic E-state index is 8.48. The Bertz CT molecular complexity index is 817. The average molecular weight is 438 g/mol. The fourth-order valence-electron chi connectivity index (χ4n) is 5.20. The summed E-state index contributed by atoms with van der Waals surface area (Å²) in [7, 11) is 0. The van der Waals surface area contributed by atoms with E-state index in [1.54, 1.807) is 11.1 Å². The van der Waals surface area contributed by atoms with E-state index in [9.17, 15) is 0 Å². The van der Waals surface area contributed by atoms with Gasteiger partial charge in [0.2, 0.25) is 0 Å². The number of fused-ring (bicyclic) bond motifs is 3. The van der Waals surface area contributed by atoms with Crippen LogP contribution in [0.4, 0.5) is 0 Å². The van der Waals surface area contributed by atoms with Gasteiger partial charge in [-0.3, -0.25) is 4.90 Å². The van der Waals surface area contributed by atoms with Crippen LogP contribution in [0.5, 0.6) is 0 Å². The highest BCUT2D eigenvalue weighted by atomic mass is 16.5. The molecule has 0 radical (unpaired) electrons. The predicted molar refractivity (Wildman–Crippen MR) is 134 cm³/mol. The molecular weight excluding hydrogens is 394 g/mol. The van der Waals surface area contributed by atoms with Crippen LogP contribution in [0.1, 0.15) is 73.4 Å². The number of ether oxygens (including phenoxy) is 1. The van der Waals surface area contributed by atoms with Crippen molar-refractivity contribution in [1.29, 1.82) is 0 Å². The van der Waals surface area contributed by atoms with E-state index in [0.717, 1.165) is 11.8 Å². The minimum Gasteiger partial charge on any atom is -0.396 e. The third-order valence-electron chi connectivity index (χ3n) is 6.93. The van der Waals surface area contributed by atoms with Gasteiger partial charge in [-0.15, -0.1) is 0 Å². The Hall–Kier alpha value is -1.68. The molecule has 176 valence electrons. The minimum absolute atomic E-state index is 0.203. The molecule has 0 saturated carbocycles. The Morgan fingerprint density at radius 2 is 1.81 bits per heavy atom. The third kappa shape index (κ3) is 7.16. The lowest BCUT2D eigenvalue weighted by Gasteiger charge is -2.44. The van der Waals surface area contributed by atoms with Crippen molar-refractivity contribution >= 4 is 0 Å². The zero-order chi connectivity index (χ0) is 22.9. The van der Waals surface area contributed by atoms with E-state index in [1.807, 2.05) is 30.3 Å². The first-order valence-corrected chi connectivity index (χ1v) is 12.5. The first-order chi connectivity index (χ1) is 15.5. The SMILES string of the molecule is Cc1cc2c(cc1C)C1CCC(CC(C)C)CN1CC2.OCCCOCc1ccccc1. The van der Waals surface area contributed by atoms with Gasteiger partial charge in [0, 0.05) is 32.3 Å². The maximum atomic E-state index is 8.48. The first kappa shape index (κ1) is 25.0. The molecule has 3 heteroatoms. The van der Waals surface area contributed by atoms with Crippen LogP contribution in [-0.4, -0.2) is 36.3 Å². The number of aliphatic hydroxyl groups is 1. The molecule has 2 aliphatic rings. The molecular formula is C29H43NO2. The van der Waals surface area contributed by atoms with E-state index in [2.05, 4.69) is 44.7 Å². The van der Waals surface area contributed by atoms with Gasteiger partial charge in [0.05, 0.1) is 6.61 Å². The molecule has 2 aromatic carbocycles. The monoisotopic (exact) mass is 437 g/mol. The maximum Gasteiger partial charge on any atom is 0.0716 e. The molecule has 1 N–H and O–H groups in total. The Kier molecular flexibility index (Phi) is 9.77. The summed E-state index contributed by atoms with van der Waals surface area (Å²) in [5.41, 5.74) is 7.37. The van der Waals surface area contributed by atoms with Gasteiger partial charge in [-0.1, -0.05) is 56.3 Å². The second-order valence-electron chi connectivity index (χ2n) is 10.1. The summed E-state index contributed by atoms with van der Waals surface area (Å²) in [5, 5.41) is 8.48. The van der Waals surface area contributed by atoms with E-state index >= 15 is 0 Å². The highest BCUT2D eigenvalue weighted by Gasteiger charge is 2.33.